The second kappa shape index (κ2) is 14.0. The number of hydrogen-bond donors (Lipinski definition) is 3. The molecule has 2 aromatic carbocycles. The Bertz CT molecular complexity index is 1110. The van der Waals surface area contributed by atoms with Crippen molar-refractivity contribution in [2.24, 2.45) is 5.92 Å². The minimum Gasteiger partial charge on any atom is -0.508 e. The van der Waals surface area contributed by atoms with Gasteiger partial charge in [0, 0.05) is 12.6 Å². The molecule has 3 atom stereocenters. The Morgan fingerprint density at radius 3 is 2.18 bits per heavy atom. The van der Waals surface area contributed by atoms with Crippen LogP contribution in [-0.4, -0.2) is 45.6 Å². The fourth-order valence-corrected chi connectivity index (χ4v) is 4.25. The van der Waals surface area contributed by atoms with Crippen LogP contribution in [0, 0.1) is 12.8 Å². The third-order valence-corrected chi connectivity index (χ3v) is 6.37. The predicted octanol–water partition coefficient (Wildman–Crippen LogP) is 5.62. The van der Waals surface area contributed by atoms with E-state index in [-0.39, 0.29) is 17.7 Å². The first-order valence-electron chi connectivity index (χ1n) is 13.6. The van der Waals surface area contributed by atoms with Gasteiger partial charge in [-0.05, 0) is 89.1 Å². The molecular formula is C31H45N3O5. The van der Waals surface area contributed by atoms with E-state index >= 15 is 0 Å². The molecule has 0 heterocycles. The Kier molecular flexibility index (Phi) is 11.4. The van der Waals surface area contributed by atoms with Crippen molar-refractivity contribution in [3.63, 3.8) is 0 Å². The quantitative estimate of drug-likeness (QED) is 0.343. The number of rotatable bonds is 11. The molecule has 3 N–H and O–H groups in total. The van der Waals surface area contributed by atoms with Gasteiger partial charge in [0.1, 0.15) is 23.4 Å². The van der Waals surface area contributed by atoms with Gasteiger partial charge in [-0.25, -0.2) is 4.79 Å². The molecule has 214 valence electrons. The summed E-state index contributed by atoms with van der Waals surface area (Å²) in [7, 11) is 0. The van der Waals surface area contributed by atoms with Crippen LogP contribution in [0.2, 0.25) is 0 Å². The zero-order valence-corrected chi connectivity index (χ0v) is 24.6. The molecule has 39 heavy (non-hydrogen) atoms. The Morgan fingerprint density at radius 1 is 0.974 bits per heavy atom. The van der Waals surface area contributed by atoms with E-state index in [1.165, 1.54) is 6.07 Å². The Balaban J connectivity index is 2.48. The van der Waals surface area contributed by atoms with Crippen LogP contribution in [0.15, 0.2) is 48.5 Å². The van der Waals surface area contributed by atoms with Crippen molar-refractivity contribution < 1.29 is 24.2 Å². The van der Waals surface area contributed by atoms with Gasteiger partial charge in [-0.15, -0.1) is 0 Å². The molecule has 2 rings (SSSR count). The fraction of sp³-hybridized carbons (Fsp3) is 0.516. The lowest BCUT2D eigenvalue weighted by atomic mass is 9.96. The fourth-order valence-electron chi connectivity index (χ4n) is 4.25. The van der Waals surface area contributed by atoms with Crippen molar-refractivity contribution in [2.75, 3.05) is 0 Å². The van der Waals surface area contributed by atoms with Crippen molar-refractivity contribution in [3.8, 4) is 5.75 Å². The van der Waals surface area contributed by atoms with E-state index < -0.39 is 29.7 Å². The minimum atomic E-state index is -0.981. The number of phenolic OH excluding ortho intramolecular Hbond substituents is 1. The van der Waals surface area contributed by atoms with Crippen LogP contribution in [0.25, 0.3) is 0 Å². The predicted molar refractivity (Wildman–Crippen MR) is 153 cm³/mol. The standard InChI is InChI=1S/C31H45N3O5/c1-20(2)14-15-22(4)34(29(37)23(5)33-30(38)39-31(6,7)8)27(25-16-17-26(35)21(3)18-25)28(36)32-19-24-12-10-9-11-13-24/h9-13,16-18,20,22-23,27,35H,14-15,19H2,1-8H3,(H,32,36)(H,33,38). The summed E-state index contributed by atoms with van der Waals surface area (Å²) >= 11 is 0. The van der Waals surface area contributed by atoms with Crippen molar-refractivity contribution >= 4 is 17.9 Å². The number of ether oxygens (including phenoxy) is 1. The molecule has 8 nitrogen and oxygen atoms in total. The summed E-state index contributed by atoms with van der Waals surface area (Å²) in [5.41, 5.74) is 1.37. The number of benzene rings is 2. The summed E-state index contributed by atoms with van der Waals surface area (Å²) < 4.78 is 5.36. The van der Waals surface area contributed by atoms with Gasteiger partial charge >= 0.3 is 6.09 Å². The summed E-state index contributed by atoms with van der Waals surface area (Å²) in [6, 6.07) is 12.2. The van der Waals surface area contributed by atoms with Gasteiger partial charge in [0.2, 0.25) is 11.8 Å². The maximum absolute atomic E-state index is 14.0. The van der Waals surface area contributed by atoms with Crippen LogP contribution in [-0.2, 0) is 20.9 Å². The van der Waals surface area contributed by atoms with Crippen LogP contribution in [0.3, 0.4) is 0 Å². The van der Waals surface area contributed by atoms with E-state index in [0.29, 0.717) is 30.0 Å². The number of phenols is 1. The molecular weight excluding hydrogens is 494 g/mol. The van der Waals surface area contributed by atoms with E-state index in [0.717, 1.165) is 12.0 Å². The molecule has 0 fully saturated rings. The average Bonchev–Trinajstić information content (AvgIpc) is 2.85. The highest BCUT2D eigenvalue weighted by Crippen LogP contribution is 2.30. The number of hydrogen-bond acceptors (Lipinski definition) is 5. The number of nitrogens with zero attached hydrogens (tertiary/aromatic N) is 1. The largest absolute Gasteiger partial charge is 0.508 e. The number of carbonyl (C=O) groups excluding carboxylic acids is 3. The highest BCUT2D eigenvalue weighted by atomic mass is 16.6. The van der Waals surface area contributed by atoms with Crippen molar-refractivity contribution in [3.05, 3.63) is 65.2 Å². The van der Waals surface area contributed by atoms with Gasteiger partial charge in [-0.2, -0.15) is 0 Å². The summed E-state index contributed by atoms with van der Waals surface area (Å²) in [5, 5.41) is 15.8. The third-order valence-electron chi connectivity index (χ3n) is 6.37. The number of aryl methyl sites for hydroxylation is 1. The number of aromatic hydroxyl groups is 1. The van der Waals surface area contributed by atoms with Crippen molar-refractivity contribution in [1.29, 1.82) is 0 Å². The second-order valence-electron chi connectivity index (χ2n) is 11.6. The second-order valence-corrected chi connectivity index (χ2v) is 11.6. The van der Waals surface area contributed by atoms with Crippen molar-refractivity contribution in [2.45, 2.75) is 98.5 Å². The Labute approximate surface area is 233 Å². The molecule has 0 bridgehead atoms. The monoisotopic (exact) mass is 539 g/mol. The molecule has 0 saturated carbocycles. The van der Waals surface area contributed by atoms with Gasteiger partial charge in [0.15, 0.2) is 0 Å². The normalized spacial score (nSPS) is 13.8. The number of alkyl carbamates (subject to hydrolysis) is 1. The zero-order valence-electron chi connectivity index (χ0n) is 24.6. The van der Waals surface area contributed by atoms with Gasteiger partial charge < -0.3 is 25.4 Å². The average molecular weight is 540 g/mol. The van der Waals surface area contributed by atoms with Crippen LogP contribution < -0.4 is 10.6 Å². The molecule has 2 aromatic rings. The van der Waals surface area contributed by atoms with E-state index in [4.69, 9.17) is 4.74 Å². The number of amides is 3. The van der Waals surface area contributed by atoms with Gasteiger partial charge in [-0.3, -0.25) is 9.59 Å². The lowest BCUT2D eigenvalue weighted by molar-refractivity contribution is -0.145. The lowest BCUT2D eigenvalue weighted by Crippen LogP contribution is -2.54. The minimum absolute atomic E-state index is 0.105. The van der Waals surface area contributed by atoms with Crippen LogP contribution in [0.1, 0.15) is 84.0 Å². The summed E-state index contributed by atoms with van der Waals surface area (Å²) in [6.07, 6.45) is 0.817. The SMILES string of the molecule is Cc1cc(C(C(=O)NCc2ccccc2)N(C(=O)C(C)NC(=O)OC(C)(C)C)C(C)CCC(C)C)ccc1O. The Morgan fingerprint density at radius 2 is 1.62 bits per heavy atom. The van der Waals surface area contributed by atoms with Crippen LogP contribution in [0.5, 0.6) is 5.75 Å². The highest BCUT2D eigenvalue weighted by molar-refractivity contribution is 5.92. The van der Waals surface area contributed by atoms with E-state index in [1.54, 1.807) is 51.7 Å². The van der Waals surface area contributed by atoms with E-state index in [9.17, 15) is 19.5 Å². The maximum Gasteiger partial charge on any atom is 0.408 e. The van der Waals surface area contributed by atoms with Crippen LogP contribution >= 0.6 is 0 Å². The number of carbonyl (C=O) groups is 3. The third kappa shape index (κ3) is 9.93. The highest BCUT2D eigenvalue weighted by Gasteiger charge is 2.37. The van der Waals surface area contributed by atoms with Crippen molar-refractivity contribution in [1.82, 2.24) is 15.5 Å². The molecule has 3 amide bonds. The maximum atomic E-state index is 14.0. The Hall–Kier alpha value is -3.55. The molecule has 0 aliphatic rings. The summed E-state index contributed by atoms with van der Waals surface area (Å²) in [6.45, 7) is 15.0. The molecule has 0 aromatic heterocycles. The molecule has 0 spiro atoms. The van der Waals surface area contributed by atoms with E-state index in [2.05, 4.69) is 24.5 Å². The molecule has 3 unspecified atom stereocenters. The molecule has 0 radical (unpaired) electrons. The smallest absolute Gasteiger partial charge is 0.408 e. The first-order valence-corrected chi connectivity index (χ1v) is 13.6. The number of nitrogens with one attached hydrogen (secondary N) is 2. The van der Waals surface area contributed by atoms with E-state index in [1.807, 2.05) is 37.3 Å². The topological polar surface area (TPSA) is 108 Å². The summed E-state index contributed by atoms with van der Waals surface area (Å²) in [5.74, 6) is -0.239. The van der Waals surface area contributed by atoms with Crippen LogP contribution in [0.4, 0.5) is 4.79 Å². The molecule has 0 saturated heterocycles. The first-order chi connectivity index (χ1) is 18.2. The van der Waals surface area contributed by atoms with Gasteiger partial charge in [0.25, 0.3) is 0 Å². The van der Waals surface area contributed by atoms with Gasteiger partial charge in [-0.1, -0.05) is 50.2 Å². The summed E-state index contributed by atoms with van der Waals surface area (Å²) in [4.78, 5) is 41.9. The molecule has 0 aliphatic carbocycles. The lowest BCUT2D eigenvalue weighted by Gasteiger charge is -2.38. The zero-order chi connectivity index (χ0) is 29.3. The molecule has 8 heteroatoms. The van der Waals surface area contributed by atoms with Gasteiger partial charge in [0.05, 0.1) is 0 Å². The molecule has 0 aliphatic heterocycles. The first kappa shape index (κ1) is 31.7.